The maximum atomic E-state index is 0. The van der Waals surface area contributed by atoms with Crippen molar-refractivity contribution in [3.05, 3.63) is 0 Å². The van der Waals surface area contributed by atoms with Crippen molar-refractivity contribution in [1.29, 1.82) is 0 Å². The molecule has 0 fully saturated rings. The molecular weight excluding hydrogens is 168 g/mol. The third-order valence-corrected chi connectivity index (χ3v) is 0. The van der Waals surface area contributed by atoms with Crippen LogP contribution in [0.15, 0.2) is 0 Å². The highest BCUT2D eigenvalue weighted by Gasteiger charge is -0.333. The van der Waals surface area contributed by atoms with Crippen molar-refractivity contribution in [1.82, 2.24) is 73.8 Å². The summed E-state index contributed by atoms with van der Waals surface area (Å²) in [6.07, 6.45) is 0. The summed E-state index contributed by atoms with van der Waals surface area (Å²) in [4.78, 5) is 0. The van der Waals surface area contributed by atoms with Gasteiger partial charge in [0, 0.05) is 0 Å². The average molecular weight is 204 g/mol. The Balaban J connectivity index is 0. The van der Waals surface area contributed by atoms with E-state index >= 15 is 0 Å². The molecule has 0 aliphatic rings. The van der Waals surface area contributed by atoms with Gasteiger partial charge in [-0.05, 0) is 0 Å². The van der Waals surface area contributed by atoms with Crippen LogP contribution in [0.5, 0.6) is 0 Å². The van der Waals surface area contributed by atoms with Crippen molar-refractivity contribution >= 4 is 0 Å². The van der Waals surface area contributed by atoms with E-state index in [1.54, 1.807) is 0 Å². The first-order valence-corrected chi connectivity index (χ1v) is 0. The minimum absolute atomic E-state index is 0. The van der Waals surface area contributed by atoms with Gasteiger partial charge in [0.25, 0.3) is 0 Å². The normalized spacial score (nSPS) is 0. The first-order valence-electron chi connectivity index (χ1n) is 0. The lowest BCUT2D eigenvalue weighted by Gasteiger charge is -0.345. The molecule has 0 rings (SSSR count). The lowest BCUT2D eigenvalue weighted by Crippen LogP contribution is -0.482. The zero-order valence-electron chi connectivity index (χ0n) is 8.49. The fourth-order valence-electron chi connectivity index (χ4n) is 0. The summed E-state index contributed by atoms with van der Waals surface area (Å²) in [7, 11) is 0. The summed E-state index contributed by atoms with van der Waals surface area (Å²) >= 11 is 0. The Bertz CT molecular complexity index is 0. The largest absolute Gasteiger partial charge is 0.344 e. The molecule has 0 saturated carbocycles. The molecular formula is H36N12. The van der Waals surface area contributed by atoms with Crippen molar-refractivity contribution in [3.8, 4) is 0 Å². The van der Waals surface area contributed by atoms with Gasteiger partial charge in [0.15, 0.2) is 0 Å². The van der Waals surface area contributed by atoms with E-state index < -0.39 is 0 Å². The van der Waals surface area contributed by atoms with E-state index in [0.29, 0.717) is 0 Å². The molecule has 12 nitrogen and oxygen atoms in total. The Kier molecular flexibility index (Phi) is 1910000. The van der Waals surface area contributed by atoms with Gasteiger partial charge in [-0.3, -0.25) is 0 Å². The average Bonchev–Trinajstić information content (AvgIpc) is 0. The van der Waals surface area contributed by atoms with Crippen LogP contribution < -0.4 is 73.8 Å². The van der Waals surface area contributed by atoms with E-state index in [1.165, 1.54) is 0 Å². The van der Waals surface area contributed by atoms with E-state index in [2.05, 4.69) is 0 Å². The van der Waals surface area contributed by atoms with E-state index in [0.717, 1.165) is 0 Å². The predicted molar refractivity (Wildman–Crippen MR) is 60.3 cm³/mol. The van der Waals surface area contributed by atoms with E-state index in [1.807, 2.05) is 0 Å². The van der Waals surface area contributed by atoms with Crippen LogP contribution in [0.2, 0.25) is 0 Å². The molecule has 0 aromatic rings. The molecule has 0 amide bonds. The standard InChI is InChI=1S/12H3N/h12*1H3. The topological polar surface area (TPSA) is 420 Å². The Morgan fingerprint density at radius 3 is 0.0833 bits per heavy atom. The molecule has 0 bridgehead atoms. The first-order chi connectivity index (χ1) is 0. The fourth-order valence-corrected chi connectivity index (χ4v) is 0. The van der Waals surface area contributed by atoms with Gasteiger partial charge in [0.05, 0.1) is 0 Å². The molecule has 0 saturated heterocycles. The molecule has 36 N–H and O–H groups in total. The molecule has 0 spiro atoms. The van der Waals surface area contributed by atoms with Crippen molar-refractivity contribution < 1.29 is 0 Å². The van der Waals surface area contributed by atoms with Crippen LogP contribution in [0, 0.1) is 0 Å². The quantitative estimate of drug-likeness (QED) is 0.269. The lowest BCUT2D eigenvalue weighted by atomic mass is 14.0. The summed E-state index contributed by atoms with van der Waals surface area (Å²) in [6.45, 7) is 0. The maximum Gasteiger partial charge on any atom is -0.344 e. The third-order valence-electron chi connectivity index (χ3n) is 0. The van der Waals surface area contributed by atoms with E-state index in [9.17, 15) is 0 Å². The van der Waals surface area contributed by atoms with Crippen LogP contribution in [0.1, 0.15) is 0 Å². The second kappa shape index (κ2) is 4140. The van der Waals surface area contributed by atoms with Gasteiger partial charge in [-0.15, -0.1) is 0 Å². The number of hydrogen-bond donors (Lipinski definition) is 12. The van der Waals surface area contributed by atoms with Gasteiger partial charge in [0.2, 0.25) is 0 Å². The second-order valence-electron chi connectivity index (χ2n) is 0. The van der Waals surface area contributed by atoms with Crippen molar-refractivity contribution in [2.75, 3.05) is 0 Å². The zero-order valence-corrected chi connectivity index (χ0v) is 8.49. The third kappa shape index (κ3) is 3000. The molecule has 0 aromatic heterocycles. The minimum Gasteiger partial charge on any atom is -0.344 e. The van der Waals surface area contributed by atoms with Crippen LogP contribution in [0.25, 0.3) is 0 Å². The van der Waals surface area contributed by atoms with Crippen LogP contribution in [-0.2, 0) is 0 Å². The highest BCUT2D eigenvalue weighted by Crippen LogP contribution is -0.470. The van der Waals surface area contributed by atoms with Gasteiger partial charge in [0.1, 0.15) is 0 Å². The molecule has 96 valence electrons. The first kappa shape index (κ1) is 5530. The summed E-state index contributed by atoms with van der Waals surface area (Å²) in [6, 6.07) is 0. The Morgan fingerprint density at radius 1 is 0.0833 bits per heavy atom. The fraction of sp³-hybridized carbons (Fsp3) is 0. The monoisotopic (exact) mass is 204 g/mol. The van der Waals surface area contributed by atoms with E-state index in [4.69, 9.17) is 0 Å². The Hall–Kier alpha value is -0.480. The SMILES string of the molecule is N.N.N.N.N.N.N.N.N.N.N.N. The smallest absolute Gasteiger partial charge is 0.344 e. The molecule has 12 heavy (non-hydrogen) atoms. The van der Waals surface area contributed by atoms with Crippen LogP contribution in [-0.4, -0.2) is 0 Å². The molecule has 0 atom stereocenters. The molecule has 0 heterocycles. The Labute approximate surface area is 75.0 Å². The summed E-state index contributed by atoms with van der Waals surface area (Å²) < 4.78 is 0. The number of rotatable bonds is 0. The van der Waals surface area contributed by atoms with Gasteiger partial charge in [-0.2, -0.15) is 0 Å². The second-order valence-corrected chi connectivity index (χ2v) is 0. The zero-order chi connectivity index (χ0) is 0. The van der Waals surface area contributed by atoms with Gasteiger partial charge >= 0.3 is 0 Å². The van der Waals surface area contributed by atoms with Crippen molar-refractivity contribution in [3.63, 3.8) is 0 Å². The van der Waals surface area contributed by atoms with Crippen molar-refractivity contribution in [2.24, 2.45) is 0 Å². The maximum absolute atomic E-state index is 0. The Morgan fingerprint density at radius 2 is 0.0833 bits per heavy atom. The van der Waals surface area contributed by atoms with Gasteiger partial charge in [-0.1, -0.05) is 0 Å². The van der Waals surface area contributed by atoms with Gasteiger partial charge in [-0.25, -0.2) is 0 Å². The molecule has 12 heteroatoms. The lowest BCUT2D eigenvalue weighted by molar-refractivity contribution is 2.13. The molecule has 0 aromatic carbocycles. The van der Waals surface area contributed by atoms with E-state index in [-0.39, 0.29) is 73.8 Å². The highest BCUT2D eigenvalue weighted by atomic mass is 14.0. The molecule has 0 aliphatic carbocycles. The minimum atomic E-state index is 0. The molecule has 0 unspecified atom stereocenters. The van der Waals surface area contributed by atoms with Gasteiger partial charge < -0.3 is 73.8 Å². The van der Waals surface area contributed by atoms with Crippen molar-refractivity contribution in [2.45, 2.75) is 0 Å². The number of hydrogen-bond acceptors (Lipinski definition) is 12. The summed E-state index contributed by atoms with van der Waals surface area (Å²) in [5.41, 5.74) is 0. The van der Waals surface area contributed by atoms with Crippen LogP contribution in [0.3, 0.4) is 0 Å². The predicted octanol–water partition coefficient (Wildman–Crippen LogP) is 1.94. The van der Waals surface area contributed by atoms with Crippen LogP contribution >= 0.6 is 0 Å². The molecule has 0 radical (unpaired) electrons. The highest BCUT2D eigenvalue weighted by molar-refractivity contribution is 2.15. The van der Waals surface area contributed by atoms with Crippen LogP contribution in [0.4, 0.5) is 0 Å². The molecule has 0 aliphatic heterocycles. The summed E-state index contributed by atoms with van der Waals surface area (Å²) in [5.74, 6) is 0. The summed E-state index contributed by atoms with van der Waals surface area (Å²) in [5, 5.41) is 0.